The molecular weight excluding hydrogens is 268 g/mol. The second-order valence-electron chi connectivity index (χ2n) is 5.07. The fourth-order valence-corrected chi connectivity index (χ4v) is 2.66. The van der Waals surface area contributed by atoms with Gasteiger partial charge in [0.25, 0.3) is 0 Å². The molecule has 1 aliphatic heterocycles. The van der Waals surface area contributed by atoms with Gasteiger partial charge in [-0.1, -0.05) is 25.1 Å². The summed E-state index contributed by atoms with van der Waals surface area (Å²) in [7, 11) is 0. The Morgan fingerprint density at radius 3 is 2.86 bits per heavy atom. The van der Waals surface area contributed by atoms with E-state index in [1.54, 1.807) is 6.92 Å². The van der Waals surface area contributed by atoms with Gasteiger partial charge in [-0.25, -0.2) is 0 Å². The Labute approximate surface area is 125 Å². The zero-order valence-electron chi connectivity index (χ0n) is 12.6. The maximum atomic E-state index is 12.4. The molecule has 0 aromatic heterocycles. The van der Waals surface area contributed by atoms with Crippen LogP contribution in [-0.4, -0.2) is 42.5 Å². The number of likely N-dealkylation sites (N-methyl/N-ethyl adjacent to an activating group) is 1. The van der Waals surface area contributed by atoms with Crippen LogP contribution >= 0.6 is 0 Å². The Kier molecular flexibility index (Phi) is 5.33. The molecule has 0 aliphatic carbocycles. The van der Waals surface area contributed by atoms with Gasteiger partial charge in [0.05, 0.1) is 19.2 Å². The van der Waals surface area contributed by atoms with Crippen molar-refractivity contribution in [2.45, 2.75) is 32.7 Å². The van der Waals surface area contributed by atoms with E-state index in [-0.39, 0.29) is 24.5 Å². The van der Waals surface area contributed by atoms with Crippen LogP contribution < -0.4 is 5.32 Å². The van der Waals surface area contributed by atoms with Gasteiger partial charge in [-0.2, -0.15) is 0 Å². The van der Waals surface area contributed by atoms with Crippen LogP contribution in [0.2, 0.25) is 0 Å². The van der Waals surface area contributed by atoms with Gasteiger partial charge in [0, 0.05) is 5.69 Å². The molecule has 1 amide bonds. The highest BCUT2D eigenvalue weighted by Gasteiger charge is 2.29. The minimum absolute atomic E-state index is 0.0499. The average molecular weight is 290 g/mol. The average Bonchev–Trinajstić information content (AvgIpc) is 2.63. The number of hydrogen-bond acceptors (Lipinski definition) is 4. The lowest BCUT2D eigenvalue weighted by Crippen LogP contribution is -2.46. The zero-order valence-corrected chi connectivity index (χ0v) is 12.6. The largest absolute Gasteiger partial charge is 0.465 e. The van der Waals surface area contributed by atoms with Crippen molar-refractivity contribution in [1.82, 2.24) is 4.90 Å². The lowest BCUT2D eigenvalue weighted by Gasteiger charge is -2.27. The van der Waals surface area contributed by atoms with Crippen molar-refractivity contribution in [2.75, 3.05) is 25.0 Å². The van der Waals surface area contributed by atoms with Gasteiger partial charge >= 0.3 is 5.97 Å². The minimum atomic E-state index is -0.299. The van der Waals surface area contributed by atoms with Crippen molar-refractivity contribution < 1.29 is 14.3 Å². The summed E-state index contributed by atoms with van der Waals surface area (Å²) >= 11 is 0. The van der Waals surface area contributed by atoms with Crippen LogP contribution in [0.1, 0.15) is 25.8 Å². The Balaban J connectivity index is 2.09. The van der Waals surface area contributed by atoms with Gasteiger partial charge in [0.2, 0.25) is 5.91 Å². The lowest BCUT2D eigenvalue weighted by atomic mass is 10.0. The van der Waals surface area contributed by atoms with Gasteiger partial charge in [-0.05, 0) is 37.9 Å². The van der Waals surface area contributed by atoms with Crippen LogP contribution in [0.5, 0.6) is 0 Å². The molecule has 0 bridgehead atoms. The first-order chi connectivity index (χ1) is 10.2. The molecule has 0 fully saturated rings. The van der Waals surface area contributed by atoms with Crippen molar-refractivity contribution in [3.05, 3.63) is 29.8 Å². The summed E-state index contributed by atoms with van der Waals surface area (Å²) < 4.78 is 4.98. The van der Waals surface area contributed by atoms with E-state index < -0.39 is 0 Å². The van der Waals surface area contributed by atoms with E-state index in [1.165, 1.54) is 0 Å². The SMILES string of the molecule is CCOC(=O)CN(CC)C1CCc2ccccc2NC1=O. The van der Waals surface area contributed by atoms with E-state index in [9.17, 15) is 9.59 Å². The fourth-order valence-electron chi connectivity index (χ4n) is 2.66. The van der Waals surface area contributed by atoms with Crippen molar-refractivity contribution in [2.24, 2.45) is 0 Å². The third-order valence-electron chi connectivity index (χ3n) is 3.75. The zero-order chi connectivity index (χ0) is 15.2. The van der Waals surface area contributed by atoms with E-state index in [0.29, 0.717) is 19.6 Å². The molecule has 114 valence electrons. The number of esters is 1. The summed E-state index contributed by atoms with van der Waals surface area (Å²) in [6.07, 6.45) is 1.52. The number of para-hydroxylation sites is 1. The fraction of sp³-hybridized carbons (Fsp3) is 0.500. The van der Waals surface area contributed by atoms with Crippen molar-refractivity contribution in [3.8, 4) is 0 Å². The molecule has 5 nitrogen and oxygen atoms in total. The van der Waals surface area contributed by atoms with E-state index in [0.717, 1.165) is 17.7 Å². The number of fused-ring (bicyclic) bond motifs is 1. The normalized spacial score (nSPS) is 17.9. The van der Waals surface area contributed by atoms with E-state index in [2.05, 4.69) is 5.32 Å². The second-order valence-corrected chi connectivity index (χ2v) is 5.07. The number of rotatable bonds is 5. The number of anilines is 1. The number of amides is 1. The molecule has 1 aromatic rings. The number of carbonyl (C=O) groups excluding carboxylic acids is 2. The predicted molar refractivity (Wildman–Crippen MR) is 81.1 cm³/mol. The Morgan fingerprint density at radius 2 is 2.14 bits per heavy atom. The standard InChI is InChI=1S/C16H22N2O3/c1-3-18(11-15(19)21-4-2)14-10-9-12-7-5-6-8-13(12)17-16(14)20/h5-8,14H,3-4,9-11H2,1-2H3,(H,17,20). The highest BCUT2D eigenvalue weighted by Crippen LogP contribution is 2.23. The number of aryl methyl sites for hydroxylation is 1. The van der Waals surface area contributed by atoms with E-state index >= 15 is 0 Å². The highest BCUT2D eigenvalue weighted by atomic mass is 16.5. The molecule has 1 N–H and O–H groups in total. The number of carbonyl (C=O) groups is 2. The molecule has 1 atom stereocenters. The van der Waals surface area contributed by atoms with Gasteiger partial charge < -0.3 is 10.1 Å². The second kappa shape index (κ2) is 7.22. The molecule has 0 saturated heterocycles. The summed E-state index contributed by atoms with van der Waals surface area (Å²) in [4.78, 5) is 26.0. The van der Waals surface area contributed by atoms with Crippen LogP contribution in [0.25, 0.3) is 0 Å². The molecule has 1 aromatic carbocycles. The Hall–Kier alpha value is -1.88. The van der Waals surface area contributed by atoms with Gasteiger partial charge in [-0.3, -0.25) is 14.5 Å². The minimum Gasteiger partial charge on any atom is -0.465 e. The van der Waals surface area contributed by atoms with E-state index in [4.69, 9.17) is 4.74 Å². The third kappa shape index (κ3) is 3.82. The maximum absolute atomic E-state index is 12.4. The van der Waals surface area contributed by atoms with Crippen LogP contribution in [0, 0.1) is 0 Å². The molecule has 2 rings (SSSR count). The van der Waals surface area contributed by atoms with Crippen molar-refractivity contribution in [3.63, 3.8) is 0 Å². The van der Waals surface area contributed by atoms with Crippen LogP contribution in [0.15, 0.2) is 24.3 Å². The van der Waals surface area contributed by atoms with Gasteiger partial charge in [0.1, 0.15) is 0 Å². The first-order valence-electron chi connectivity index (χ1n) is 7.44. The monoisotopic (exact) mass is 290 g/mol. The van der Waals surface area contributed by atoms with Crippen LogP contribution in [-0.2, 0) is 20.7 Å². The number of benzene rings is 1. The molecule has 0 saturated carbocycles. The van der Waals surface area contributed by atoms with E-state index in [1.807, 2.05) is 36.1 Å². The smallest absolute Gasteiger partial charge is 0.320 e. The van der Waals surface area contributed by atoms with Crippen molar-refractivity contribution in [1.29, 1.82) is 0 Å². The molecule has 0 spiro atoms. The number of ether oxygens (including phenoxy) is 1. The molecule has 1 aliphatic rings. The topological polar surface area (TPSA) is 58.6 Å². The molecule has 21 heavy (non-hydrogen) atoms. The Bertz CT molecular complexity index is 516. The quantitative estimate of drug-likeness (QED) is 0.841. The molecule has 1 heterocycles. The summed E-state index contributed by atoms with van der Waals surface area (Å²) in [6.45, 7) is 4.87. The van der Waals surface area contributed by atoms with Gasteiger partial charge in [0.15, 0.2) is 0 Å². The molecule has 0 radical (unpaired) electrons. The summed E-state index contributed by atoms with van der Waals surface area (Å²) in [5.41, 5.74) is 2.01. The first-order valence-corrected chi connectivity index (χ1v) is 7.44. The van der Waals surface area contributed by atoms with Crippen LogP contribution in [0.4, 0.5) is 5.69 Å². The molecular formula is C16H22N2O3. The number of nitrogens with zero attached hydrogens (tertiary/aromatic N) is 1. The van der Waals surface area contributed by atoms with Crippen LogP contribution in [0.3, 0.4) is 0 Å². The Morgan fingerprint density at radius 1 is 1.38 bits per heavy atom. The molecule has 1 unspecified atom stereocenters. The highest BCUT2D eigenvalue weighted by molar-refractivity contribution is 5.96. The summed E-state index contributed by atoms with van der Waals surface area (Å²) in [5, 5.41) is 2.96. The maximum Gasteiger partial charge on any atom is 0.320 e. The molecule has 5 heteroatoms. The lowest BCUT2D eigenvalue weighted by molar-refractivity contribution is -0.145. The van der Waals surface area contributed by atoms with Crippen molar-refractivity contribution >= 4 is 17.6 Å². The number of nitrogens with one attached hydrogen (secondary N) is 1. The third-order valence-corrected chi connectivity index (χ3v) is 3.75. The number of hydrogen-bond donors (Lipinski definition) is 1. The first kappa shape index (κ1) is 15.5. The summed E-state index contributed by atoms with van der Waals surface area (Å²) in [5.74, 6) is -0.333. The predicted octanol–water partition coefficient (Wildman–Crippen LogP) is 1.82. The summed E-state index contributed by atoms with van der Waals surface area (Å²) in [6, 6.07) is 7.53. The van der Waals surface area contributed by atoms with Gasteiger partial charge in [-0.15, -0.1) is 0 Å².